The first-order chi connectivity index (χ1) is 5.25. The fourth-order valence-electron chi connectivity index (χ4n) is 2.13. The van der Waals surface area contributed by atoms with Crippen molar-refractivity contribution >= 4 is 5.78 Å². The van der Waals surface area contributed by atoms with Crippen molar-refractivity contribution in [2.24, 2.45) is 0 Å². The molecule has 0 amide bonds. The van der Waals surface area contributed by atoms with Gasteiger partial charge in [-0.25, -0.2) is 0 Å². The summed E-state index contributed by atoms with van der Waals surface area (Å²) in [5.74, 6) is 0.289. The lowest BCUT2D eigenvalue weighted by Gasteiger charge is -2.25. The van der Waals surface area contributed by atoms with Crippen LogP contribution in [0.4, 0.5) is 0 Å². The summed E-state index contributed by atoms with van der Waals surface area (Å²) in [6, 6.07) is 1.31. The van der Waals surface area contributed by atoms with Gasteiger partial charge >= 0.3 is 0 Å². The summed E-state index contributed by atoms with van der Waals surface area (Å²) in [6.07, 6.45) is 1.24. The van der Waals surface area contributed by atoms with E-state index in [-0.39, 0.29) is 5.78 Å². The third-order valence-corrected chi connectivity index (χ3v) is 2.60. The quantitative estimate of drug-likeness (QED) is 0.588. The van der Waals surface area contributed by atoms with E-state index in [1.54, 1.807) is 6.92 Å². The van der Waals surface area contributed by atoms with Gasteiger partial charge in [0.15, 0.2) is 0 Å². The molecule has 0 unspecified atom stereocenters. The Labute approximate surface area is 66.8 Å². The zero-order valence-electron chi connectivity index (χ0n) is 6.84. The Balaban J connectivity index is 1.92. The minimum absolute atomic E-state index is 0.289. The largest absolute Gasteiger partial charge is 0.311 e. The topological polar surface area (TPSA) is 32.3 Å². The molecule has 3 heteroatoms. The average molecular weight is 154 g/mol. The molecule has 11 heavy (non-hydrogen) atoms. The molecule has 2 saturated heterocycles. The predicted octanol–water partition coefficient (Wildman–Crippen LogP) is -0.378. The third-order valence-electron chi connectivity index (χ3n) is 2.60. The summed E-state index contributed by atoms with van der Waals surface area (Å²) < 4.78 is 0. The zero-order chi connectivity index (χ0) is 7.84. The molecule has 0 aromatic heterocycles. The molecule has 0 radical (unpaired) electrons. The van der Waals surface area contributed by atoms with Crippen molar-refractivity contribution in [3.8, 4) is 0 Å². The van der Waals surface area contributed by atoms with E-state index >= 15 is 0 Å². The minimum atomic E-state index is 0.289. The highest BCUT2D eigenvalue weighted by molar-refractivity contribution is 5.77. The van der Waals surface area contributed by atoms with Gasteiger partial charge in [-0.2, -0.15) is 0 Å². The predicted molar refractivity (Wildman–Crippen MR) is 42.4 cm³/mol. The van der Waals surface area contributed by atoms with E-state index in [0.717, 1.165) is 13.1 Å². The fraction of sp³-hybridized carbons (Fsp3) is 0.875. The van der Waals surface area contributed by atoms with Crippen molar-refractivity contribution in [2.75, 3.05) is 19.6 Å². The minimum Gasteiger partial charge on any atom is -0.311 e. The number of carbonyl (C=O) groups is 1. The second-order valence-electron chi connectivity index (χ2n) is 3.63. The van der Waals surface area contributed by atoms with Gasteiger partial charge in [0.25, 0.3) is 0 Å². The van der Waals surface area contributed by atoms with Crippen LogP contribution in [0.3, 0.4) is 0 Å². The van der Waals surface area contributed by atoms with Crippen LogP contribution in [0.25, 0.3) is 0 Å². The van der Waals surface area contributed by atoms with Crippen molar-refractivity contribution in [3.05, 3.63) is 0 Å². The number of Topliss-reactive ketones (excluding diaryl/α,β-unsaturated/α-hetero) is 1. The highest BCUT2D eigenvalue weighted by Gasteiger charge is 2.37. The Morgan fingerprint density at radius 2 is 2.55 bits per heavy atom. The number of carbonyl (C=O) groups excluding carboxylic acids is 1. The van der Waals surface area contributed by atoms with Gasteiger partial charge in [-0.3, -0.25) is 9.69 Å². The Kier molecular flexibility index (Phi) is 1.69. The average Bonchev–Trinajstić information content (AvgIpc) is 2.45. The normalized spacial score (nSPS) is 36.5. The van der Waals surface area contributed by atoms with Crippen molar-refractivity contribution in [1.82, 2.24) is 10.2 Å². The Morgan fingerprint density at radius 3 is 3.00 bits per heavy atom. The van der Waals surface area contributed by atoms with E-state index in [1.165, 1.54) is 6.42 Å². The van der Waals surface area contributed by atoms with Gasteiger partial charge in [-0.05, 0) is 13.3 Å². The second-order valence-corrected chi connectivity index (χ2v) is 3.63. The van der Waals surface area contributed by atoms with Crippen molar-refractivity contribution in [1.29, 1.82) is 0 Å². The highest BCUT2D eigenvalue weighted by atomic mass is 16.1. The van der Waals surface area contributed by atoms with Gasteiger partial charge in [0.05, 0.1) is 6.54 Å². The van der Waals surface area contributed by atoms with Crippen LogP contribution in [-0.2, 0) is 4.79 Å². The number of ketones is 1. The first kappa shape index (κ1) is 7.25. The second kappa shape index (κ2) is 2.57. The molecule has 3 nitrogen and oxygen atoms in total. The molecular formula is C8H14N2O. The molecule has 2 bridgehead atoms. The molecule has 2 fully saturated rings. The van der Waals surface area contributed by atoms with Crippen LogP contribution in [0, 0.1) is 0 Å². The van der Waals surface area contributed by atoms with Gasteiger partial charge in [-0.1, -0.05) is 0 Å². The van der Waals surface area contributed by atoms with E-state index in [1.807, 2.05) is 0 Å². The van der Waals surface area contributed by atoms with Gasteiger partial charge in [0.2, 0.25) is 0 Å². The van der Waals surface area contributed by atoms with Crippen LogP contribution in [0.5, 0.6) is 0 Å². The van der Waals surface area contributed by atoms with E-state index in [9.17, 15) is 4.79 Å². The number of nitrogens with one attached hydrogen (secondary N) is 1. The fourth-order valence-corrected chi connectivity index (χ4v) is 2.13. The molecule has 62 valence electrons. The number of hydrogen-bond donors (Lipinski definition) is 1. The van der Waals surface area contributed by atoms with Crippen LogP contribution in [0.2, 0.25) is 0 Å². The smallest absolute Gasteiger partial charge is 0.143 e. The molecule has 0 saturated carbocycles. The maximum atomic E-state index is 10.8. The van der Waals surface area contributed by atoms with Crippen LogP contribution < -0.4 is 5.32 Å². The van der Waals surface area contributed by atoms with Gasteiger partial charge in [0.1, 0.15) is 5.78 Å². The maximum absolute atomic E-state index is 10.8. The first-order valence-corrected chi connectivity index (χ1v) is 4.22. The standard InChI is InChI=1S/C8H14N2O/c1-6(11)4-10-5-7-2-8(10)3-9-7/h7-9H,2-5H2,1H3/t7-,8-/m1/s1. The lowest BCUT2D eigenvalue weighted by atomic mass is 10.2. The summed E-state index contributed by atoms with van der Waals surface area (Å²) in [4.78, 5) is 13.1. The summed E-state index contributed by atoms with van der Waals surface area (Å²) in [7, 11) is 0. The summed E-state index contributed by atoms with van der Waals surface area (Å²) >= 11 is 0. The lowest BCUT2D eigenvalue weighted by Crippen LogP contribution is -2.45. The Bertz CT molecular complexity index is 181. The number of nitrogens with zero attached hydrogens (tertiary/aromatic N) is 1. The zero-order valence-corrected chi connectivity index (χ0v) is 6.84. The molecule has 0 aromatic carbocycles. The maximum Gasteiger partial charge on any atom is 0.143 e. The van der Waals surface area contributed by atoms with Gasteiger partial charge in [0, 0.05) is 25.2 Å². The Hall–Kier alpha value is -0.410. The van der Waals surface area contributed by atoms with Crippen LogP contribution in [0.15, 0.2) is 0 Å². The van der Waals surface area contributed by atoms with Crippen molar-refractivity contribution in [3.63, 3.8) is 0 Å². The SMILES string of the molecule is CC(=O)CN1C[C@H]2C[C@@H]1CN2. The monoisotopic (exact) mass is 154 g/mol. The molecule has 1 N–H and O–H groups in total. The van der Waals surface area contributed by atoms with Crippen LogP contribution in [-0.4, -0.2) is 42.4 Å². The number of rotatable bonds is 2. The molecule has 0 spiro atoms. The molecule has 2 aliphatic rings. The number of likely N-dealkylation sites (tertiary alicyclic amines) is 1. The van der Waals surface area contributed by atoms with Crippen molar-refractivity contribution in [2.45, 2.75) is 25.4 Å². The Morgan fingerprint density at radius 1 is 1.73 bits per heavy atom. The molecule has 0 aliphatic carbocycles. The first-order valence-electron chi connectivity index (χ1n) is 4.22. The molecule has 2 rings (SSSR count). The third kappa shape index (κ3) is 1.30. The van der Waals surface area contributed by atoms with Crippen molar-refractivity contribution < 1.29 is 4.79 Å². The van der Waals surface area contributed by atoms with Crippen LogP contribution >= 0.6 is 0 Å². The van der Waals surface area contributed by atoms with E-state index in [0.29, 0.717) is 18.6 Å². The van der Waals surface area contributed by atoms with E-state index in [4.69, 9.17) is 0 Å². The lowest BCUT2D eigenvalue weighted by molar-refractivity contribution is -0.118. The van der Waals surface area contributed by atoms with Gasteiger partial charge in [-0.15, -0.1) is 0 Å². The molecular weight excluding hydrogens is 140 g/mol. The number of fused-ring (bicyclic) bond motifs is 2. The molecule has 2 aliphatic heterocycles. The summed E-state index contributed by atoms with van der Waals surface area (Å²) in [6.45, 7) is 4.48. The number of piperazine rings is 1. The molecule has 0 aromatic rings. The number of hydrogen-bond acceptors (Lipinski definition) is 3. The van der Waals surface area contributed by atoms with E-state index < -0.39 is 0 Å². The molecule has 2 atom stereocenters. The summed E-state index contributed by atoms with van der Waals surface area (Å²) in [5.41, 5.74) is 0. The van der Waals surface area contributed by atoms with Gasteiger partial charge < -0.3 is 5.32 Å². The highest BCUT2D eigenvalue weighted by Crippen LogP contribution is 2.22. The summed E-state index contributed by atoms with van der Waals surface area (Å²) in [5, 5.41) is 3.41. The molecule has 2 heterocycles. The van der Waals surface area contributed by atoms with E-state index in [2.05, 4.69) is 10.2 Å². The van der Waals surface area contributed by atoms with Crippen LogP contribution in [0.1, 0.15) is 13.3 Å².